The Balaban J connectivity index is 0.00000736. The van der Waals surface area contributed by atoms with Crippen molar-refractivity contribution in [2.24, 2.45) is 0 Å². The molecule has 0 unspecified atom stereocenters. The van der Waals surface area contributed by atoms with Crippen molar-refractivity contribution in [2.45, 2.75) is 125 Å². The summed E-state index contributed by atoms with van der Waals surface area (Å²) in [5.41, 5.74) is 15.4. The number of rotatable bonds is 9. The molecular formula is C73H71F2N4OPt-3. The van der Waals surface area contributed by atoms with Gasteiger partial charge in [0.15, 0.2) is 0 Å². The van der Waals surface area contributed by atoms with Gasteiger partial charge in [0.2, 0.25) is 0 Å². The number of para-hydroxylation sites is 3. The number of fused-ring (bicyclic) bond motifs is 4. The van der Waals surface area contributed by atoms with Crippen LogP contribution < -0.4 is 14.5 Å². The third-order valence-electron chi connectivity index (χ3n) is 15.6. The molecule has 0 radical (unpaired) electrons. The Kier molecular flexibility index (Phi) is 14.9. The number of anilines is 4. The van der Waals surface area contributed by atoms with E-state index in [9.17, 15) is 0 Å². The van der Waals surface area contributed by atoms with Crippen LogP contribution in [0.5, 0.6) is 11.5 Å². The molecule has 0 amide bonds. The van der Waals surface area contributed by atoms with Crippen molar-refractivity contribution in [1.29, 1.82) is 0 Å². The van der Waals surface area contributed by atoms with Crippen LogP contribution in [0.25, 0.3) is 61.0 Å². The summed E-state index contributed by atoms with van der Waals surface area (Å²) in [6.07, 6.45) is 1.89. The topological polar surface area (TPSA) is 33.5 Å². The molecule has 0 N–H and O–H groups in total. The molecule has 11 rings (SSSR count). The van der Waals surface area contributed by atoms with Crippen LogP contribution in [0, 0.1) is 30.4 Å². The van der Waals surface area contributed by atoms with E-state index < -0.39 is 11.6 Å². The molecule has 1 aliphatic rings. The SMILES string of the molecule is CC(C)c1ccccc1-c1cc(Oc2[c-]c3c(cc2)c2ccccc2n3-c2cc(C(C)(C)C)ccn2)[c-]c(N2[CH-]N(c3c(-c4cc(F)cc(F)c4)cc(C(C)(C)C)cc3-c3cc(C(C)(C)C)cc(C(C)(C)C)c3)c3ccccc32)c1.[Pt]. The standard InChI is InChI=1S/C73H71F2N4O.Pt/c1-45(2)58-21-15-16-22-59(58)48-35-55(42-57(36-48)80-56-27-28-61-60-23-17-18-24-64(60)79(67(61)43-56)68-40-49(29-30-76-68)70(3,4)5)77-44-78(66-26-20-19-25-65(66)77)69-62(46-31-50(71(6,7)8)37-51(32-46)72(9,10)11)38-52(73(12,13)14)39-63(69)47-33-53(74)41-54(75)34-47;/h15-41,44-45H,1-14H3;/q-3;. The second-order valence-corrected chi connectivity index (χ2v) is 26.0. The van der Waals surface area contributed by atoms with Crippen molar-refractivity contribution in [3.05, 3.63) is 222 Å². The van der Waals surface area contributed by atoms with E-state index in [4.69, 9.17) is 9.72 Å². The van der Waals surface area contributed by atoms with Gasteiger partial charge in [-0.25, -0.2) is 13.8 Å². The zero-order chi connectivity index (χ0) is 56.8. The average molecular weight is 1250 g/mol. The predicted octanol–water partition coefficient (Wildman–Crippen LogP) is 20.6. The monoisotopic (exact) mass is 1250 g/mol. The summed E-state index contributed by atoms with van der Waals surface area (Å²) >= 11 is 0. The molecule has 416 valence electrons. The zero-order valence-corrected chi connectivity index (χ0v) is 51.3. The average Bonchev–Trinajstić information content (AvgIpc) is 4.05. The number of nitrogens with zero attached hydrogens (tertiary/aromatic N) is 4. The predicted molar refractivity (Wildman–Crippen MR) is 329 cm³/mol. The molecule has 8 aromatic carbocycles. The van der Waals surface area contributed by atoms with Crippen LogP contribution in [0.4, 0.5) is 31.5 Å². The normalized spacial score (nSPS) is 13.1. The molecule has 2 aromatic heterocycles. The summed E-state index contributed by atoms with van der Waals surface area (Å²) in [5.74, 6) is 0.791. The van der Waals surface area contributed by atoms with Gasteiger partial charge in [-0.3, -0.25) is 0 Å². The van der Waals surface area contributed by atoms with E-state index >= 15 is 8.78 Å². The molecule has 3 heterocycles. The first-order valence-electron chi connectivity index (χ1n) is 27.9. The van der Waals surface area contributed by atoms with Gasteiger partial charge in [-0.1, -0.05) is 175 Å². The molecule has 10 aromatic rings. The van der Waals surface area contributed by atoms with Crippen LogP contribution in [0.1, 0.15) is 131 Å². The van der Waals surface area contributed by atoms with Crippen molar-refractivity contribution in [3.8, 4) is 50.7 Å². The van der Waals surface area contributed by atoms with Gasteiger partial charge in [0.05, 0.1) is 0 Å². The van der Waals surface area contributed by atoms with E-state index in [1.165, 1.54) is 34.4 Å². The molecule has 0 fully saturated rings. The quantitative estimate of drug-likeness (QED) is 0.135. The molecule has 0 saturated heterocycles. The molecular weight excluding hydrogens is 1180 g/mol. The van der Waals surface area contributed by atoms with Crippen molar-refractivity contribution in [2.75, 3.05) is 9.80 Å². The van der Waals surface area contributed by atoms with E-state index in [0.29, 0.717) is 22.6 Å². The Morgan fingerprint density at radius 1 is 0.494 bits per heavy atom. The summed E-state index contributed by atoms with van der Waals surface area (Å²) in [6.45, 7) is 33.2. The van der Waals surface area contributed by atoms with Gasteiger partial charge in [-0.15, -0.1) is 53.6 Å². The van der Waals surface area contributed by atoms with Gasteiger partial charge in [-0.05, 0) is 132 Å². The molecule has 81 heavy (non-hydrogen) atoms. The molecule has 0 atom stereocenters. The number of halogens is 2. The number of hydrogen-bond acceptors (Lipinski definition) is 4. The van der Waals surface area contributed by atoms with Crippen LogP contribution in [0.15, 0.2) is 164 Å². The Labute approximate surface area is 492 Å². The fraction of sp³-hybridized carbons (Fsp3) is 0.260. The van der Waals surface area contributed by atoms with Gasteiger partial charge < -0.3 is 19.1 Å². The number of ether oxygens (including phenoxy) is 1. The van der Waals surface area contributed by atoms with Crippen LogP contribution in [-0.4, -0.2) is 9.55 Å². The summed E-state index contributed by atoms with van der Waals surface area (Å²) < 4.78 is 40.6. The van der Waals surface area contributed by atoms with E-state index in [2.05, 4.69) is 251 Å². The van der Waals surface area contributed by atoms with Crippen LogP contribution in [0.3, 0.4) is 0 Å². The van der Waals surface area contributed by atoms with E-state index in [1.807, 2.05) is 24.4 Å². The Morgan fingerprint density at radius 2 is 1.05 bits per heavy atom. The zero-order valence-electron chi connectivity index (χ0n) is 49.0. The maximum absolute atomic E-state index is 15.7. The van der Waals surface area contributed by atoms with Gasteiger partial charge in [0.25, 0.3) is 0 Å². The molecule has 0 saturated carbocycles. The molecule has 0 bridgehead atoms. The number of pyridine rings is 1. The minimum atomic E-state index is -0.643. The summed E-state index contributed by atoms with van der Waals surface area (Å²) in [6, 6.07) is 60.5. The fourth-order valence-electron chi connectivity index (χ4n) is 11.0. The maximum Gasteiger partial charge on any atom is 0.135 e. The molecule has 8 heteroatoms. The third kappa shape index (κ3) is 11.1. The largest absolute Gasteiger partial charge is 0.509 e. The molecule has 1 aliphatic heterocycles. The Hall–Kier alpha value is -7.34. The van der Waals surface area contributed by atoms with Crippen LogP contribution >= 0.6 is 0 Å². The van der Waals surface area contributed by atoms with Crippen molar-refractivity contribution in [3.63, 3.8) is 0 Å². The first-order valence-corrected chi connectivity index (χ1v) is 27.9. The molecule has 0 aliphatic carbocycles. The number of benzene rings is 8. The number of hydrogen-bond donors (Lipinski definition) is 0. The van der Waals surface area contributed by atoms with Crippen molar-refractivity contribution >= 4 is 44.6 Å². The Morgan fingerprint density at radius 3 is 1.68 bits per heavy atom. The van der Waals surface area contributed by atoms with Gasteiger partial charge >= 0.3 is 0 Å². The maximum atomic E-state index is 15.7. The third-order valence-corrected chi connectivity index (χ3v) is 15.6. The van der Waals surface area contributed by atoms with E-state index in [1.54, 1.807) is 0 Å². The van der Waals surface area contributed by atoms with Crippen LogP contribution in [0.2, 0.25) is 0 Å². The molecule has 5 nitrogen and oxygen atoms in total. The van der Waals surface area contributed by atoms with Crippen LogP contribution in [-0.2, 0) is 42.7 Å². The fourth-order valence-corrected chi connectivity index (χ4v) is 11.0. The van der Waals surface area contributed by atoms with Gasteiger partial charge in [0, 0.05) is 78.5 Å². The first-order chi connectivity index (χ1) is 37.8. The first kappa shape index (κ1) is 56.9. The van der Waals surface area contributed by atoms with Gasteiger partial charge in [0.1, 0.15) is 17.5 Å². The second kappa shape index (κ2) is 21.2. The minimum Gasteiger partial charge on any atom is -0.509 e. The van der Waals surface area contributed by atoms with Crippen molar-refractivity contribution in [1.82, 2.24) is 9.55 Å². The molecule has 0 spiro atoms. The minimum absolute atomic E-state index is 0. The van der Waals surface area contributed by atoms with Gasteiger partial charge in [-0.2, -0.15) is 6.07 Å². The van der Waals surface area contributed by atoms with E-state index in [0.717, 1.165) is 84.3 Å². The smallest absolute Gasteiger partial charge is 0.135 e. The summed E-state index contributed by atoms with van der Waals surface area (Å²) in [5, 5.41) is 2.14. The van der Waals surface area contributed by atoms with Crippen molar-refractivity contribution < 1.29 is 34.6 Å². The van der Waals surface area contributed by atoms with E-state index in [-0.39, 0.29) is 48.6 Å². The summed E-state index contributed by atoms with van der Waals surface area (Å²) in [7, 11) is 0. The summed E-state index contributed by atoms with van der Waals surface area (Å²) in [4.78, 5) is 9.28. The Bertz CT molecular complexity index is 3980. The number of aromatic nitrogens is 2. The second-order valence-electron chi connectivity index (χ2n) is 26.0.